The second kappa shape index (κ2) is 4.18. The molecule has 1 spiro atoms. The molecule has 0 N–H and O–H groups in total. The molecule has 0 amide bonds. The number of nitrogens with zero attached hydrogens (tertiary/aromatic N) is 3. The van der Waals surface area contributed by atoms with Gasteiger partial charge in [0.25, 0.3) is 0 Å². The van der Waals surface area contributed by atoms with Gasteiger partial charge in [-0.3, -0.25) is 9.79 Å². The molecule has 2 aliphatic rings. The van der Waals surface area contributed by atoms with Crippen molar-refractivity contribution in [3.63, 3.8) is 0 Å². The van der Waals surface area contributed by atoms with Gasteiger partial charge in [0.15, 0.2) is 12.1 Å². The number of fused-ring (bicyclic) bond motifs is 2. The van der Waals surface area contributed by atoms with Crippen molar-refractivity contribution in [2.24, 2.45) is 4.99 Å². The second-order valence-electron chi connectivity index (χ2n) is 5.24. The lowest BCUT2D eigenvalue weighted by atomic mass is 9.96. The third kappa shape index (κ3) is 1.81. The molecule has 2 aromatic rings. The Labute approximate surface area is 124 Å². The van der Waals surface area contributed by atoms with Crippen molar-refractivity contribution in [2.45, 2.75) is 18.4 Å². The van der Waals surface area contributed by atoms with Gasteiger partial charge in [0, 0.05) is 11.1 Å². The van der Waals surface area contributed by atoms with E-state index in [2.05, 4.69) is 15.0 Å². The summed E-state index contributed by atoms with van der Waals surface area (Å²) in [6, 6.07) is 5.43. The van der Waals surface area contributed by atoms with Crippen LogP contribution < -0.4 is 0 Å². The van der Waals surface area contributed by atoms with E-state index in [0.29, 0.717) is 11.3 Å². The van der Waals surface area contributed by atoms with Gasteiger partial charge in [-0.25, -0.2) is 14.4 Å². The average molecular weight is 302 g/mol. The first kappa shape index (κ1) is 12.6. The number of carbonyl (C=O) groups excluding carboxylic acids is 1. The Kier molecular flexibility index (Phi) is 2.50. The van der Waals surface area contributed by atoms with Gasteiger partial charge < -0.3 is 0 Å². The van der Waals surface area contributed by atoms with E-state index in [1.165, 1.54) is 0 Å². The van der Waals surface area contributed by atoms with Gasteiger partial charge in [-0.15, -0.1) is 0 Å². The Hall–Kier alpha value is -2.14. The number of aliphatic imine (C=N–C) groups is 1. The zero-order chi connectivity index (χ0) is 14.6. The minimum atomic E-state index is -0.553. The average Bonchev–Trinajstić information content (AvgIpc) is 3.20. The highest BCUT2D eigenvalue weighted by atomic mass is 35.5. The Morgan fingerprint density at radius 1 is 1.33 bits per heavy atom. The largest absolute Gasteiger partial charge is 0.296 e. The number of aldehydes is 1. The summed E-state index contributed by atoms with van der Waals surface area (Å²) in [6.07, 6.45) is 3.68. The quantitative estimate of drug-likeness (QED) is 0.633. The Bertz CT molecular complexity index is 815. The normalized spacial score (nSPS) is 17.5. The van der Waals surface area contributed by atoms with Crippen molar-refractivity contribution >= 4 is 23.6 Å². The Balaban J connectivity index is 1.89. The van der Waals surface area contributed by atoms with Gasteiger partial charge in [0.2, 0.25) is 5.28 Å². The fourth-order valence-corrected chi connectivity index (χ4v) is 2.93. The number of aromatic nitrogens is 2. The molecule has 0 radical (unpaired) electrons. The van der Waals surface area contributed by atoms with E-state index < -0.39 is 5.82 Å². The SMILES string of the molecule is O=CC1=NC2(CC2)c2ccc(-c3nc(Cl)ncc3F)cc21. The van der Waals surface area contributed by atoms with Crippen LogP contribution in [-0.2, 0) is 10.3 Å². The van der Waals surface area contributed by atoms with Crippen molar-refractivity contribution in [3.05, 3.63) is 46.6 Å². The Morgan fingerprint density at radius 3 is 2.86 bits per heavy atom. The number of halogens is 2. The predicted octanol–water partition coefficient (Wildman–Crippen LogP) is 2.93. The van der Waals surface area contributed by atoms with Crippen LogP contribution in [0.25, 0.3) is 11.3 Å². The number of carbonyl (C=O) groups is 1. The summed E-state index contributed by atoms with van der Waals surface area (Å²) in [5, 5.41) is -0.0187. The van der Waals surface area contributed by atoms with E-state index in [1.807, 2.05) is 6.07 Å². The molecule has 0 unspecified atom stereocenters. The van der Waals surface area contributed by atoms with Crippen LogP contribution in [0.3, 0.4) is 0 Å². The number of rotatable bonds is 2. The van der Waals surface area contributed by atoms with E-state index in [4.69, 9.17) is 11.6 Å². The van der Waals surface area contributed by atoms with Crippen LogP contribution in [0.5, 0.6) is 0 Å². The van der Waals surface area contributed by atoms with Crippen molar-refractivity contribution < 1.29 is 9.18 Å². The van der Waals surface area contributed by atoms with Crippen LogP contribution >= 0.6 is 11.6 Å². The van der Waals surface area contributed by atoms with Crippen LogP contribution in [-0.4, -0.2) is 22.0 Å². The fraction of sp³-hybridized carbons (Fsp3) is 0.200. The molecule has 4 rings (SSSR count). The molecule has 1 aliphatic heterocycles. The van der Waals surface area contributed by atoms with Gasteiger partial charge in [0.1, 0.15) is 11.4 Å². The molecule has 104 valence electrons. The maximum atomic E-state index is 13.9. The molecule has 6 heteroatoms. The number of benzene rings is 1. The van der Waals surface area contributed by atoms with Crippen LogP contribution in [0.2, 0.25) is 5.28 Å². The predicted molar refractivity (Wildman–Crippen MR) is 75.9 cm³/mol. The molecule has 0 bridgehead atoms. The molecule has 1 saturated carbocycles. The van der Waals surface area contributed by atoms with Gasteiger partial charge in [-0.2, -0.15) is 0 Å². The molecule has 4 nitrogen and oxygen atoms in total. The topological polar surface area (TPSA) is 55.2 Å². The first-order valence-electron chi connectivity index (χ1n) is 6.51. The number of hydrogen-bond acceptors (Lipinski definition) is 4. The third-order valence-corrected chi connectivity index (χ3v) is 4.14. The summed E-state index contributed by atoms with van der Waals surface area (Å²) in [6.45, 7) is 0. The van der Waals surface area contributed by atoms with Crippen molar-refractivity contribution in [3.8, 4) is 11.3 Å². The fourth-order valence-electron chi connectivity index (χ4n) is 2.80. The zero-order valence-corrected chi connectivity index (χ0v) is 11.6. The lowest BCUT2D eigenvalue weighted by Gasteiger charge is -2.08. The molecule has 1 aliphatic carbocycles. The smallest absolute Gasteiger partial charge is 0.223 e. The maximum Gasteiger partial charge on any atom is 0.223 e. The Morgan fingerprint density at radius 2 is 2.14 bits per heavy atom. The zero-order valence-electron chi connectivity index (χ0n) is 10.8. The lowest BCUT2D eigenvalue weighted by molar-refractivity contribution is -0.102. The highest BCUT2D eigenvalue weighted by molar-refractivity contribution is 6.38. The van der Waals surface area contributed by atoms with E-state index in [0.717, 1.165) is 36.5 Å². The molecule has 0 saturated heterocycles. The monoisotopic (exact) mass is 301 g/mol. The van der Waals surface area contributed by atoms with Crippen molar-refractivity contribution in [2.75, 3.05) is 0 Å². The summed E-state index contributed by atoms with van der Waals surface area (Å²) in [7, 11) is 0. The van der Waals surface area contributed by atoms with Crippen LogP contribution in [0.15, 0.2) is 29.4 Å². The van der Waals surface area contributed by atoms with E-state index in [1.54, 1.807) is 12.1 Å². The van der Waals surface area contributed by atoms with Crippen LogP contribution in [0, 0.1) is 5.82 Å². The lowest BCUT2D eigenvalue weighted by Crippen LogP contribution is -2.02. The summed E-state index contributed by atoms with van der Waals surface area (Å²) in [5.74, 6) is -0.553. The maximum absolute atomic E-state index is 13.9. The summed E-state index contributed by atoms with van der Waals surface area (Å²) in [4.78, 5) is 23.2. The van der Waals surface area contributed by atoms with Crippen LogP contribution in [0.1, 0.15) is 24.0 Å². The third-order valence-electron chi connectivity index (χ3n) is 3.95. The van der Waals surface area contributed by atoms with Gasteiger partial charge in [-0.1, -0.05) is 12.1 Å². The van der Waals surface area contributed by atoms with Gasteiger partial charge in [0.05, 0.1) is 11.7 Å². The summed E-state index contributed by atoms with van der Waals surface area (Å²) >= 11 is 5.73. The molecule has 0 atom stereocenters. The summed E-state index contributed by atoms with van der Waals surface area (Å²) in [5.41, 5.74) is 2.68. The van der Waals surface area contributed by atoms with Crippen molar-refractivity contribution in [1.29, 1.82) is 0 Å². The molecule has 1 aromatic carbocycles. The van der Waals surface area contributed by atoms with Gasteiger partial charge in [-0.05, 0) is 36.1 Å². The molecular formula is C15H9ClFN3O. The first-order valence-corrected chi connectivity index (χ1v) is 6.89. The molecular weight excluding hydrogens is 293 g/mol. The number of hydrogen-bond donors (Lipinski definition) is 0. The summed E-state index contributed by atoms with van der Waals surface area (Å²) < 4.78 is 13.9. The standard InChI is InChI=1S/C15H9ClFN3O/c16-14-18-6-11(17)13(19-14)8-1-2-10-9(5-8)12(7-21)20-15(10)3-4-15/h1-2,5-7H,3-4H2. The van der Waals surface area contributed by atoms with Crippen molar-refractivity contribution in [1.82, 2.24) is 9.97 Å². The molecule has 1 aromatic heterocycles. The highest BCUT2D eigenvalue weighted by Crippen LogP contribution is 2.54. The van der Waals surface area contributed by atoms with E-state index in [9.17, 15) is 9.18 Å². The molecule has 21 heavy (non-hydrogen) atoms. The molecule has 1 fully saturated rings. The van der Waals surface area contributed by atoms with E-state index in [-0.39, 0.29) is 16.5 Å². The molecule has 2 heterocycles. The minimum absolute atomic E-state index is 0.0187. The first-order chi connectivity index (χ1) is 10.1. The minimum Gasteiger partial charge on any atom is -0.296 e. The van der Waals surface area contributed by atoms with Gasteiger partial charge >= 0.3 is 0 Å². The highest BCUT2D eigenvalue weighted by Gasteiger charge is 2.49. The van der Waals surface area contributed by atoms with E-state index >= 15 is 0 Å². The second-order valence-corrected chi connectivity index (χ2v) is 5.58. The van der Waals surface area contributed by atoms with Crippen LogP contribution in [0.4, 0.5) is 4.39 Å².